The minimum Gasteiger partial charge on any atom is -0.463 e. The van der Waals surface area contributed by atoms with Crippen LogP contribution in [-0.2, 0) is 14.3 Å². The Hall–Kier alpha value is -2.54. The van der Waals surface area contributed by atoms with Gasteiger partial charge in [-0.15, -0.1) is 0 Å². The van der Waals surface area contributed by atoms with E-state index in [-0.39, 0.29) is 17.9 Å². The monoisotopic (exact) mass is 453 g/mol. The van der Waals surface area contributed by atoms with E-state index in [9.17, 15) is 9.59 Å². The molecular formula is C25H31N3O3S. The lowest BCUT2D eigenvalue weighted by molar-refractivity contribution is -0.139. The summed E-state index contributed by atoms with van der Waals surface area (Å²) in [4.78, 5) is 34.9. The zero-order chi connectivity index (χ0) is 22.8. The third-order valence-corrected chi connectivity index (χ3v) is 7.15. The molecule has 3 aliphatic rings. The van der Waals surface area contributed by atoms with Gasteiger partial charge in [-0.05, 0) is 63.5 Å². The van der Waals surface area contributed by atoms with E-state index in [0.717, 1.165) is 47.9 Å². The third-order valence-electron chi connectivity index (χ3n) is 6.26. The molecule has 32 heavy (non-hydrogen) atoms. The number of carbonyl (C=O) groups excluding carboxylic acids is 2. The molecule has 0 aliphatic carbocycles. The van der Waals surface area contributed by atoms with Crippen LogP contribution in [0.1, 0.15) is 62.3 Å². The number of benzene rings is 1. The number of ether oxygens (including phenoxy) is 1. The Bertz CT molecular complexity index is 1020. The van der Waals surface area contributed by atoms with Gasteiger partial charge in [-0.2, -0.15) is 0 Å². The number of amides is 1. The first-order valence-corrected chi connectivity index (χ1v) is 12.2. The van der Waals surface area contributed by atoms with Crippen LogP contribution in [0.15, 0.2) is 45.6 Å². The van der Waals surface area contributed by atoms with Gasteiger partial charge in [-0.1, -0.05) is 35.5 Å². The Morgan fingerprint density at radius 1 is 1.16 bits per heavy atom. The molecule has 0 radical (unpaired) electrons. The van der Waals surface area contributed by atoms with E-state index < -0.39 is 0 Å². The minimum atomic E-state index is -0.363. The highest BCUT2D eigenvalue weighted by Gasteiger charge is 2.41. The van der Waals surface area contributed by atoms with Crippen molar-refractivity contribution < 1.29 is 14.3 Å². The maximum Gasteiger partial charge on any atom is 0.338 e. The van der Waals surface area contributed by atoms with Gasteiger partial charge >= 0.3 is 5.97 Å². The van der Waals surface area contributed by atoms with Crippen molar-refractivity contribution in [2.45, 2.75) is 59.4 Å². The minimum absolute atomic E-state index is 0.140. The van der Waals surface area contributed by atoms with Gasteiger partial charge in [0.2, 0.25) is 5.91 Å². The molecule has 1 saturated heterocycles. The molecule has 1 unspecified atom stereocenters. The molecule has 3 aliphatic heterocycles. The first-order chi connectivity index (χ1) is 15.4. The van der Waals surface area contributed by atoms with Crippen molar-refractivity contribution in [3.63, 3.8) is 0 Å². The van der Waals surface area contributed by atoms with Crippen LogP contribution in [0.5, 0.6) is 0 Å². The predicted octanol–water partition coefficient (Wildman–Crippen LogP) is 4.84. The average Bonchev–Trinajstić information content (AvgIpc) is 3.15. The Morgan fingerprint density at radius 3 is 2.59 bits per heavy atom. The summed E-state index contributed by atoms with van der Waals surface area (Å²) in [6.07, 6.45) is 3.63. The van der Waals surface area contributed by atoms with Gasteiger partial charge in [0.1, 0.15) is 0 Å². The molecular weight excluding hydrogens is 422 g/mol. The summed E-state index contributed by atoms with van der Waals surface area (Å²) in [6.45, 7) is 9.76. The summed E-state index contributed by atoms with van der Waals surface area (Å²) < 4.78 is 5.43. The summed E-state index contributed by atoms with van der Waals surface area (Å²) >= 11 is 1.52. The van der Waals surface area contributed by atoms with Crippen LogP contribution in [0.3, 0.4) is 0 Å². The number of aliphatic imine (C=N–C) groups is 1. The van der Waals surface area contributed by atoms with Crippen LogP contribution in [-0.4, -0.2) is 46.5 Å². The molecule has 7 heteroatoms. The number of piperidine rings is 1. The Morgan fingerprint density at radius 2 is 1.91 bits per heavy atom. The number of fused-ring (bicyclic) bond motifs is 1. The van der Waals surface area contributed by atoms with Crippen LogP contribution >= 0.6 is 11.8 Å². The summed E-state index contributed by atoms with van der Waals surface area (Å²) in [5, 5.41) is 2.82. The van der Waals surface area contributed by atoms with Crippen LogP contribution in [0.25, 0.3) is 0 Å². The first-order valence-electron chi connectivity index (χ1n) is 11.4. The number of carbonyl (C=O) groups is 2. The van der Waals surface area contributed by atoms with E-state index in [1.54, 1.807) is 0 Å². The van der Waals surface area contributed by atoms with Crippen molar-refractivity contribution in [2.24, 2.45) is 4.99 Å². The number of nitrogens with zero attached hydrogens (tertiary/aromatic N) is 3. The van der Waals surface area contributed by atoms with Crippen molar-refractivity contribution in [3.05, 3.63) is 57.3 Å². The number of hydrogen-bond acceptors (Lipinski definition) is 6. The summed E-state index contributed by atoms with van der Waals surface area (Å²) in [5.41, 5.74) is 5.41. The van der Waals surface area contributed by atoms with Crippen LogP contribution in [0.4, 0.5) is 0 Å². The highest BCUT2D eigenvalue weighted by Crippen LogP contribution is 2.45. The Labute approximate surface area is 194 Å². The fourth-order valence-corrected chi connectivity index (χ4v) is 5.64. The first kappa shape index (κ1) is 22.6. The highest BCUT2D eigenvalue weighted by molar-refractivity contribution is 8.16. The van der Waals surface area contributed by atoms with Gasteiger partial charge in [0.15, 0.2) is 5.17 Å². The van der Waals surface area contributed by atoms with Crippen LogP contribution in [0.2, 0.25) is 0 Å². The summed E-state index contributed by atoms with van der Waals surface area (Å²) in [5.74, 6) is -0.211. The summed E-state index contributed by atoms with van der Waals surface area (Å²) in [6, 6.07) is 5.91. The Balaban J connectivity index is 1.72. The molecule has 1 fully saturated rings. The molecule has 0 N–H and O–H groups in total. The molecule has 0 spiro atoms. The normalized spacial score (nSPS) is 20.7. The number of likely N-dealkylation sites (tertiary alicyclic amines) is 1. The smallest absolute Gasteiger partial charge is 0.338 e. The van der Waals surface area contributed by atoms with Gasteiger partial charge in [-0.25, -0.2) is 9.79 Å². The molecule has 4 rings (SSSR count). The number of rotatable bonds is 5. The van der Waals surface area contributed by atoms with E-state index in [1.165, 1.54) is 23.7 Å². The van der Waals surface area contributed by atoms with Crippen LogP contribution < -0.4 is 0 Å². The molecule has 1 aromatic carbocycles. The number of thioether (sulfide) groups is 1. The molecule has 1 aromatic rings. The molecule has 0 bridgehead atoms. The van der Waals surface area contributed by atoms with Gasteiger partial charge < -0.3 is 14.5 Å². The number of hydrogen-bond donors (Lipinski definition) is 0. The largest absolute Gasteiger partial charge is 0.463 e. The van der Waals surface area contributed by atoms with Gasteiger partial charge in [-0.3, -0.25) is 4.79 Å². The zero-order valence-electron chi connectivity index (χ0n) is 19.3. The second kappa shape index (κ2) is 9.53. The van der Waals surface area contributed by atoms with Crippen LogP contribution in [0, 0.1) is 13.8 Å². The van der Waals surface area contributed by atoms with Gasteiger partial charge in [0, 0.05) is 18.8 Å². The third kappa shape index (κ3) is 4.35. The predicted molar refractivity (Wildman–Crippen MR) is 128 cm³/mol. The van der Waals surface area contributed by atoms with E-state index >= 15 is 0 Å². The molecule has 170 valence electrons. The molecule has 1 amide bonds. The standard InChI is InChI=1S/C25H31N3O3S/c1-5-31-24(30)22-18(4)26-25-28(23(22)20-10-9-16(2)13-17(20)3)19(15-32-25)14-21(29)27-11-7-6-8-12-27/h9-10,13,15,23H,5-8,11-12,14H2,1-4H3. The zero-order valence-corrected chi connectivity index (χ0v) is 20.1. The average molecular weight is 454 g/mol. The number of esters is 1. The maximum atomic E-state index is 13.1. The lowest BCUT2D eigenvalue weighted by Gasteiger charge is -2.37. The van der Waals surface area contributed by atoms with Crippen molar-refractivity contribution >= 4 is 28.8 Å². The molecule has 0 aromatic heterocycles. The number of allylic oxidation sites excluding steroid dienone is 1. The summed E-state index contributed by atoms with van der Waals surface area (Å²) in [7, 11) is 0. The second-order valence-corrected chi connectivity index (χ2v) is 9.43. The van der Waals surface area contributed by atoms with Crippen molar-refractivity contribution in [1.29, 1.82) is 0 Å². The highest BCUT2D eigenvalue weighted by atomic mass is 32.2. The van der Waals surface area contributed by atoms with Crippen molar-refractivity contribution in [1.82, 2.24) is 9.80 Å². The van der Waals surface area contributed by atoms with E-state index in [0.29, 0.717) is 24.3 Å². The van der Waals surface area contributed by atoms with Gasteiger partial charge in [0.05, 0.1) is 30.3 Å². The number of amidine groups is 1. The van der Waals surface area contributed by atoms with E-state index in [1.807, 2.05) is 24.2 Å². The quantitative estimate of drug-likeness (QED) is 0.597. The van der Waals surface area contributed by atoms with E-state index in [2.05, 4.69) is 36.9 Å². The topological polar surface area (TPSA) is 62.2 Å². The molecule has 0 saturated carbocycles. The van der Waals surface area contributed by atoms with Gasteiger partial charge in [0.25, 0.3) is 0 Å². The molecule has 6 nitrogen and oxygen atoms in total. The second-order valence-electron chi connectivity index (χ2n) is 8.59. The lowest BCUT2D eigenvalue weighted by atomic mass is 9.90. The maximum absolute atomic E-state index is 13.1. The van der Waals surface area contributed by atoms with Crippen molar-refractivity contribution in [2.75, 3.05) is 19.7 Å². The lowest BCUT2D eigenvalue weighted by Crippen LogP contribution is -2.40. The fourth-order valence-electron chi connectivity index (χ4n) is 4.68. The van der Waals surface area contributed by atoms with Crippen molar-refractivity contribution in [3.8, 4) is 0 Å². The Kier molecular flexibility index (Phi) is 6.74. The SMILES string of the molecule is CCOC(=O)C1=C(C)N=C2SC=C(CC(=O)N3CCCCC3)N2C1c1ccc(C)cc1C. The number of aryl methyl sites for hydroxylation is 2. The molecule has 1 atom stereocenters. The fraction of sp³-hybridized carbons (Fsp3) is 0.480. The van der Waals surface area contributed by atoms with E-state index in [4.69, 9.17) is 9.73 Å². The molecule has 3 heterocycles.